The zero-order chi connectivity index (χ0) is 15.0. The summed E-state index contributed by atoms with van der Waals surface area (Å²) >= 11 is 7.21. The Kier molecular flexibility index (Phi) is 7.03. The number of carboxylic acid groups (broad SMARTS) is 1. The van der Waals surface area contributed by atoms with E-state index in [1.807, 2.05) is 6.07 Å². The molecule has 8 heteroatoms. The van der Waals surface area contributed by atoms with E-state index in [2.05, 4.69) is 10.6 Å². The highest BCUT2D eigenvalue weighted by atomic mass is 35.5. The minimum Gasteiger partial charge on any atom is -0.481 e. The molecule has 6 nitrogen and oxygen atoms in total. The van der Waals surface area contributed by atoms with Crippen LogP contribution in [0.3, 0.4) is 0 Å². The van der Waals surface area contributed by atoms with Gasteiger partial charge in [-0.1, -0.05) is 11.6 Å². The van der Waals surface area contributed by atoms with Gasteiger partial charge in [-0.25, -0.2) is 4.79 Å². The smallest absolute Gasteiger partial charge is 0.321 e. The first-order valence-electron chi connectivity index (χ1n) is 6.01. The molecule has 20 heavy (non-hydrogen) atoms. The topological polar surface area (TPSA) is 95.5 Å². The summed E-state index contributed by atoms with van der Waals surface area (Å²) in [5.74, 6) is -1.44. The molecule has 0 aromatic carbocycles. The van der Waals surface area contributed by atoms with Crippen LogP contribution in [0, 0.1) is 0 Å². The zero-order valence-corrected chi connectivity index (χ0v) is 12.2. The first-order valence-corrected chi connectivity index (χ1v) is 7.20. The van der Waals surface area contributed by atoms with E-state index in [-0.39, 0.29) is 19.3 Å². The van der Waals surface area contributed by atoms with Crippen LogP contribution < -0.4 is 10.6 Å². The van der Waals surface area contributed by atoms with Crippen LogP contribution in [0.25, 0.3) is 0 Å². The lowest BCUT2D eigenvalue weighted by Crippen LogP contribution is -2.40. The Hall–Kier alpha value is -1.60. The molecule has 1 aromatic rings. The Morgan fingerprint density at radius 2 is 2.00 bits per heavy atom. The Bertz CT molecular complexity index is 490. The van der Waals surface area contributed by atoms with Crippen LogP contribution in [0.5, 0.6) is 0 Å². The van der Waals surface area contributed by atoms with E-state index >= 15 is 0 Å². The predicted molar refractivity (Wildman–Crippen MR) is 76.1 cm³/mol. The maximum Gasteiger partial charge on any atom is 0.321 e. The van der Waals surface area contributed by atoms with Crippen molar-refractivity contribution in [3.8, 4) is 0 Å². The molecule has 0 spiro atoms. The molecule has 0 aliphatic carbocycles. The van der Waals surface area contributed by atoms with Gasteiger partial charge in [0.05, 0.1) is 4.34 Å². The predicted octanol–water partition coefficient (Wildman–Crippen LogP) is 2.02. The Morgan fingerprint density at radius 1 is 1.25 bits per heavy atom. The molecule has 1 heterocycles. The van der Waals surface area contributed by atoms with Gasteiger partial charge in [0.15, 0.2) is 0 Å². The van der Waals surface area contributed by atoms with Crippen LogP contribution in [0.4, 0.5) is 4.79 Å². The first-order chi connectivity index (χ1) is 9.47. The van der Waals surface area contributed by atoms with E-state index in [9.17, 15) is 14.4 Å². The summed E-state index contributed by atoms with van der Waals surface area (Å²) in [6.45, 7) is 0.394. The normalized spacial score (nSPS) is 10.1. The molecule has 1 rings (SSSR count). The fourth-order valence-electron chi connectivity index (χ4n) is 1.42. The molecule has 0 unspecified atom stereocenters. The van der Waals surface area contributed by atoms with E-state index in [1.165, 1.54) is 11.3 Å². The van der Waals surface area contributed by atoms with Crippen molar-refractivity contribution < 1.29 is 19.5 Å². The van der Waals surface area contributed by atoms with Crippen molar-refractivity contribution in [3.05, 3.63) is 21.3 Å². The van der Waals surface area contributed by atoms with Gasteiger partial charge in [0.25, 0.3) is 0 Å². The number of urea groups is 1. The van der Waals surface area contributed by atoms with E-state index in [0.29, 0.717) is 17.3 Å². The largest absolute Gasteiger partial charge is 0.481 e. The number of thiophene rings is 1. The van der Waals surface area contributed by atoms with E-state index < -0.39 is 17.9 Å². The SMILES string of the molecule is O=C(O)CCCC(=O)NC(=O)NCCc1ccc(Cl)s1. The zero-order valence-electron chi connectivity index (χ0n) is 10.6. The van der Waals surface area contributed by atoms with Gasteiger partial charge >= 0.3 is 12.0 Å². The number of aliphatic carboxylic acids is 1. The molecule has 0 aliphatic rings. The van der Waals surface area contributed by atoms with Crippen molar-refractivity contribution >= 4 is 40.8 Å². The number of nitrogens with one attached hydrogen (secondary N) is 2. The average molecular weight is 319 g/mol. The molecule has 0 fully saturated rings. The molecule has 0 aliphatic heterocycles. The molecule has 0 bridgehead atoms. The van der Waals surface area contributed by atoms with Crippen LogP contribution in [0.2, 0.25) is 4.34 Å². The van der Waals surface area contributed by atoms with Crippen LogP contribution in [-0.2, 0) is 16.0 Å². The summed E-state index contributed by atoms with van der Waals surface area (Å²) in [5, 5.41) is 13.1. The van der Waals surface area contributed by atoms with Gasteiger partial charge in [-0.2, -0.15) is 0 Å². The minimum absolute atomic E-state index is 0.0141. The quantitative estimate of drug-likeness (QED) is 0.716. The van der Waals surface area contributed by atoms with Crippen LogP contribution >= 0.6 is 22.9 Å². The monoisotopic (exact) mass is 318 g/mol. The molecule has 1 aromatic heterocycles. The first kappa shape index (κ1) is 16.5. The maximum atomic E-state index is 11.4. The van der Waals surface area contributed by atoms with Crippen LogP contribution in [0.15, 0.2) is 12.1 Å². The number of carboxylic acids is 1. The highest BCUT2D eigenvalue weighted by molar-refractivity contribution is 7.16. The lowest BCUT2D eigenvalue weighted by atomic mass is 10.2. The average Bonchev–Trinajstić information content (AvgIpc) is 2.74. The third-order valence-corrected chi connectivity index (χ3v) is 3.62. The number of hydrogen-bond acceptors (Lipinski definition) is 4. The number of amides is 3. The molecule has 3 amide bonds. The summed E-state index contributed by atoms with van der Waals surface area (Å²) in [4.78, 5) is 34.0. The lowest BCUT2D eigenvalue weighted by Gasteiger charge is -2.05. The number of carbonyl (C=O) groups excluding carboxylic acids is 2. The number of carbonyl (C=O) groups is 3. The van der Waals surface area contributed by atoms with Gasteiger partial charge in [0.1, 0.15) is 0 Å². The van der Waals surface area contributed by atoms with Gasteiger partial charge in [0, 0.05) is 24.3 Å². The summed E-state index contributed by atoms with van der Waals surface area (Å²) in [5.41, 5.74) is 0. The minimum atomic E-state index is -0.961. The lowest BCUT2D eigenvalue weighted by molar-refractivity contribution is -0.137. The third-order valence-electron chi connectivity index (χ3n) is 2.33. The molecule has 110 valence electrons. The van der Waals surface area contributed by atoms with E-state index in [4.69, 9.17) is 16.7 Å². The van der Waals surface area contributed by atoms with E-state index in [0.717, 1.165) is 4.88 Å². The van der Waals surface area contributed by atoms with Gasteiger partial charge in [-0.05, 0) is 25.0 Å². The maximum absolute atomic E-state index is 11.4. The summed E-state index contributed by atoms with van der Waals surface area (Å²) in [6, 6.07) is 3.09. The van der Waals surface area contributed by atoms with Crippen molar-refractivity contribution in [1.82, 2.24) is 10.6 Å². The fraction of sp³-hybridized carbons (Fsp3) is 0.417. The second-order valence-corrected chi connectivity index (χ2v) is 5.81. The molecule has 0 saturated carbocycles. The number of halogens is 1. The van der Waals surface area contributed by atoms with Crippen LogP contribution in [-0.4, -0.2) is 29.6 Å². The molecular formula is C12H15ClN2O4S. The standard InChI is InChI=1S/C12H15ClN2O4S/c13-9-5-4-8(20-9)6-7-14-12(19)15-10(16)2-1-3-11(17)18/h4-5H,1-3,6-7H2,(H,17,18)(H2,14,15,16,19). The molecule has 0 radical (unpaired) electrons. The van der Waals surface area contributed by atoms with Crippen molar-refractivity contribution in [2.45, 2.75) is 25.7 Å². The van der Waals surface area contributed by atoms with Gasteiger partial charge in [0.2, 0.25) is 5.91 Å². The summed E-state index contributed by atoms with van der Waals surface area (Å²) in [6.07, 6.45) is 0.772. The Balaban J connectivity index is 2.13. The van der Waals surface area contributed by atoms with Crippen molar-refractivity contribution in [2.75, 3.05) is 6.54 Å². The molecular weight excluding hydrogens is 304 g/mol. The van der Waals surface area contributed by atoms with Crippen LogP contribution in [0.1, 0.15) is 24.1 Å². The Morgan fingerprint density at radius 3 is 2.60 bits per heavy atom. The second kappa shape index (κ2) is 8.55. The highest BCUT2D eigenvalue weighted by Crippen LogP contribution is 2.21. The number of hydrogen-bond donors (Lipinski definition) is 3. The third kappa shape index (κ3) is 7.10. The molecule has 3 N–H and O–H groups in total. The summed E-state index contributed by atoms with van der Waals surface area (Å²) < 4.78 is 0.693. The van der Waals surface area contributed by atoms with Gasteiger partial charge < -0.3 is 10.4 Å². The van der Waals surface area contributed by atoms with Crippen molar-refractivity contribution in [1.29, 1.82) is 0 Å². The van der Waals surface area contributed by atoms with Gasteiger partial charge in [-0.3, -0.25) is 14.9 Å². The fourth-order valence-corrected chi connectivity index (χ4v) is 2.51. The molecule has 0 atom stereocenters. The molecule has 0 saturated heterocycles. The number of rotatable bonds is 7. The van der Waals surface area contributed by atoms with Crippen molar-refractivity contribution in [3.63, 3.8) is 0 Å². The van der Waals surface area contributed by atoms with E-state index in [1.54, 1.807) is 6.07 Å². The number of imide groups is 1. The highest BCUT2D eigenvalue weighted by Gasteiger charge is 2.08. The Labute approximate surface area is 125 Å². The van der Waals surface area contributed by atoms with Crippen molar-refractivity contribution in [2.24, 2.45) is 0 Å². The summed E-state index contributed by atoms with van der Waals surface area (Å²) in [7, 11) is 0. The second-order valence-electron chi connectivity index (χ2n) is 4.01. The van der Waals surface area contributed by atoms with Gasteiger partial charge in [-0.15, -0.1) is 11.3 Å².